The Bertz CT molecular complexity index is 1270. The molecule has 1 saturated heterocycles. The summed E-state index contributed by atoms with van der Waals surface area (Å²) in [7, 11) is 1.60. The van der Waals surface area contributed by atoms with E-state index in [-0.39, 0.29) is 23.3 Å². The molecule has 1 amide bonds. The van der Waals surface area contributed by atoms with E-state index >= 15 is 0 Å². The fraction of sp³-hybridized carbons (Fsp3) is 0.296. The Kier molecular flexibility index (Phi) is 6.32. The predicted octanol–water partition coefficient (Wildman–Crippen LogP) is 5.38. The van der Waals surface area contributed by atoms with Crippen LogP contribution in [0.4, 0.5) is 0 Å². The molecule has 0 aliphatic carbocycles. The van der Waals surface area contributed by atoms with Gasteiger partial charge in [-0.3, -0.25) is 14.6 Å². The number of aromatic nitrogens is 1. The molecule has 0 spiro atoms. The van der Waals surface area contributed by atoms with Crippen molar-refractivity contribution in [1.82, 2.24) is 9.88 Å². The molecule has 1 unspecified atom stereocenters. The first kappa shape index (κ1) is 23.7. The van der Waals surface area contributed by atoms with Crippen LogP contribution in [0.1, 0.15) is 53.9 Å². The number of aliphatic hydroxyl groups is 1. The van der Waals surface area contributed by atoms with E-state index in [4.69, 9.17) is 4.74 Å². The topological polar surface area (TPSA) is 79.7 Å². The summed E-state index contributed by atoms with van der Waals surface area (Å²) in [6.07, 6.45) is 3.34. The lowest BCUT2D eigenvalue weighted by molar-refractivity contribution is -0.140. The molecule has 1 fully saturated rings. The molecule has 0 saturated carbocycles. The van der Waals surface area contributed by atoms with E-state index in [1.165, 1.54) is 16.2 Å². The fourth-order valence-electron chi connectivity index (χ4n) is 4.27. The van der Waals surface area contributed by atoms with Crippen molar-refractivity contribution in [2.75, 3.05) is 7.11 Å². The molecule has 1 aliphatic rings. The third kappa shape index (κ3) is 4.23. The highest BCUT2D eigenvalue weighted by Crippen LogP contribution is 2.44. The van der Waals surface area contributed by atoms with Gasteiger partial charge in [0.2, 0.25) is 0 Å². The van der Waals surface area contributed by atoms with Crippen molar-refractivity contribution in [1.29, 1.82) is 0 Å². The standard InChI is InChI=1S/C27H28N2O4S/c1-16-10-12-34-25(16)22-21(24(31)26(32)29(22)15-17-7-6-11-28-14-17)23(30)18-8-9-20(33-5)19(13-18)27(2,3)4/h6-14,22,30H,15H2,1-5H3/b23-21-. The van der Waals surface area contributed by atoms with E-state index in [1.807, 2.05) is 30.5 Å². The van der Waals surface area contributed by atoms with Gasteiger partial charge in [-0.25, -0.2) is 0 Å². The van der Waals surface area contributed by atoms with Crippen molar-refractivity contribution in [2.45, 2.75) is 45.7 Å². The lowest BCUT2D eigenvalue weighted by atomic mass is 9.84. The Morgan fingerprint density at radius 3 is 2.56 bits per heavy atom. The third-order valence-corrected chi connectivity index (χ3v) is 7.12. The van der Waals surface area contributed by atoms with Crippen molar-refractivity contribution in [2.24, 2.45) is 0 Å². The van der Waals surface area contributed by atoms with Gasteiger partial charge in [0.25, 0.3) is 11.7 Å². The van der Waals surface area contributed by atoms with Crippen LogP contribution in [0.3, 0.4) is 0 Å². The second-order valence-electron chi connectivity index (χ2n) is 9.42. The van der Waals surface area contributed by atoms with E-state index < -0.39 is 17.7 Å². The number of amides is 1. The maximum Gasteiger partial charge on any atom is 0.295 e. The van der Waals surface area contributed by atoms with E-state index in [0.29, 0.717) is 11.3 Å². The number of pyridine rings is 1. The first-order chi connectivity index (χ1) is 16.1. The summed E-state index contributed by atoms with van der Waals surface area (Å²) in [5, 5.41) is 13.4. The number of aryl methyl sites for hydroxylation is 1. The molecule has 176 valence electrons. The van der Waals surface area contributed by atoms with Crippen LogP contribution in [0.5, 0.6) is 5.75 Å². The summed E-state index contributed by atoms with van der Waals surface area (Å²) >= 11 is 1.47. The molecule has 3 heterocycles. The Morgan fingerprint density at radius 1 is 1.21 bits per heavy atom. The average Bonchev–Trinajstić information content (AvgIpc) is 3.34. The Hall–Kier alpha value is -3.45. The number of aliphatic hydroxyl groups excluding tert-OH is 1. The number of carbonyl (C=O) groups is 2. The molecule has 3 aromatic rings. The summed E-state index contributed by atoms with van der Waals surface area (Å²) in [5.74, 6) is -0.801. The quantitative estimate of drug-likeness (QED) is 0.304. The summed E-state index contributed by atoms with van der Waals surface area (Å²) in [6.45, 7) is 8.32. The molecule has 6 nitrogen and oxygen atoms in total. The van der Waals surface area contributed by atoms with Gasteiger partial charge in [-0.15, -0.1) is 11.3 Å². The minimum absolute atomic E-state index is 0.101. The molecule has 1 aliphatic heterocycles. The molecule has 1 N–H and O–H groups in total. The number of thiophene rings is 1. The molecule has 2 aromatic heterocycles. The summed E-state index contributed by atoms with van der Waals surface area (Å²) in [6, 6.07) is 10.3. The maximum absolute atomic E-state index is 13.3. The van der Waals surface area contributed by atoms with Crippen LogP contribution in [-0.2, 0) is 21.5 Å². The lowest BCUT2D eigenvalue weighted by Crippen LogP contribution is -2.29. The van der Waals surface area contributed by atoms with Gasteiger partial charge in [-0.2, -0.15) is 0 Å². The number of Topliss-reactive ketones (excluding diaryl/α,β-unsaturated/α-hetero) is 1. The molecule has 4 rings (SSSR count). The van der Waals surface area contributed by atoms with E-state index in [0.717, 1.165) is 21.6 Å². The van der Waals surface area contributed by atoms with Crippen LogP contribution in [0.2, 0.25) is 0 Å². The van der Waals surface area contributed by atoms with Crippen molar-refractivity contribution in [3.05, 3.63) is 86.9 Å². The predicted molar refractivity (Wildman–Crippen MR) is 133 cm³/mol. The minimum Gasteiger partial charge on any atom is -0.507 e. The van der Waals surface area contributed by atoms with Crippen LogP contribution < -0.4 is 4.74 Å². The average molecular weight is 477 g/mol. The van der Waals surface area contributed by atoms with Gasteiger partial charge in [0.05, 0.1) is 12.7 Å². The van der Waals surface area contributed by atoms with E-state index in [9.17, 15) is 14.7 Å². The zero-order valence-electron chi connectivity index (χ0n) is 20.0. The minimum atomic E-state index is -0.688. The van der Waals surface area contributed by atoms with Crippen LogP contribution in [0, 0.1) is 6.92 Å². The Labute approximate surface area is 203 Å². The van der Waals surface area contributed by atoms with Crippen LogP contribution >= 0.6 is 11.3 Å². The normalized spacial score (nSPS) is 17.9. The van der Waals surface area contributed by atoms with E-state index in [1.54, 1.807) is 37.7 Å². The highest BCUT2D eigenvalue weighted by Gasteiger charge is 2.47. The number of likely N-dealkylation sites (tertiary alicyclic amines) is 1. The smallest absolute Gasteiger partial charge is 0.295 e. The number of hydrogen-bond donors (Lipinski definition) is 1. The van der Waals surface area contributed by atoms with Crippen molar-refractivity contribution in [3.8, 4) is 5.75 Å². The second-order valence-corrected chi connectivity index (χ2v) is 10.4. The second kappa shape index (κ2) is 9.06. The number of ketones is 1. The van der Waals surface area contributed by atoms with Gasteiger partial charge in [-0.05, 0) is 59.2 Å². The van der Waals surface area contributed by atoms with E-state index in [2.05, 4.69) is 25.8 Å². The van der Waals surface area contributed by atoms with Crippen molar-refractivity contribution < 1.29 is 19.4 Å². The number of nitrogens with zero attached hydrogens (tertiary/aromatic N) is 2. The SMILES string of the molecule is COc1ccc(/C(O)=C2/C(=O)C(=O)N(Cc3cccnc3)C2c2sccc2C)cc1C(C)(C)C. The number of hydrogen-bond acceptors (Lipinski definition) is 6. The van der Waals surface area contributed by atoms with Gasteiger partial charge in [0.1, 0.15) is 17.6 Å². The number of benzene rings is 1. The Balaban J connectivity index is 1.89. The highest BCUT2D eigenvalue weighted by molar-refractivity contribution is 7.10. The fourth-order valence-corrected chi connectivity index (χ4v) is 5.31. The number of rotatable bonds is 5. The van der Waals surface area contributed by atoms with Gasteiger partial charge < -0.3 is 14.7 Å². The lowest BCUT2D eigenvalue weighted by Gasteiger charge is -2.25. The van der Waals surface area contributed by atoms with Crippen molar-refractivity contribution >= 4 is 28.8 Å². The zero-order chi connectivity index (χ0) is 24.6. The van der Waals surface area contributed by atoms with Gasteiger partial charge >= 0.3 is 0 Å². The first-order valence-electron chi connectivity index (χ1n) is 11.0. The zero-order valence-corrected chi connectivity index (χ0v) is 20.8. The van der Waals surface area contributed by atoms with Gasteiger partial charge in [-0.1, -0.05) is 26.8 Å². The molecule has 0 radical (unpaired) electrons. The summed E-state index contributed by atoms with van der Waals surface area (Å²) in [5.41, 5.74) is 2.99. The van der Waals surface area contributed by atoms with Gasteiger partial charge in [0.15, 0.2) is 0 Å². The maximum atomic E-state index is 13.3. The molecular formula is C27H28N2O4S. The molecule has 1 atom stereocenters. The number of methoxy groups -OCH3 is 1. The highest BCUT2D eigenvalue weighted by atomic mass is 32.1. The van der Waals surface area contributed by atoms with Crippen LogP contribution in [0.25, 0.3) is 5.76 Å². The molecule has 0 bridgehead atoms. The monoisotopic (exact) mass is 476 g/mol. The largest absolute Gasteiger partial charge is 0.507 e. The summed E-state index contributed by atoms with van der Waals surface area (Å²) in [4.78, 5) is 33.0. The molecule has 7 heteroatoms. The Morgan fingerprint density at radius 2 is 1.97 bits per heavy atom. The summed E-state index contributed by atoms with van der Waals surface area (Å²) < 4.78 is 5.52. The van der Waals surface area contributed by atoms with Crippen LogP contribution in [0.15, 0.2) is 59.7 Å². The number of carbonyl (C=O) groups excluding carboxylic acids is 2. The molecule has 34 heavy (non-hydrogen) atoms. The molecular weight excluding hydrogens is 448 g/mol. The number of ether oxygens (including phenoxy) is 1. The third-order valence-electron chi connectivity index (χ3n) is 6.05. The first-order valence-corrected chi connectivity index (χ1v) is 11.9. The van der Waals surface area contributed by atoms with Crippen molar-refractivity contribution in [3.63, 3.8) is 0 Å². The van der Waals surface area contributed by atoms with Crippen LogP contribution in [-0.4, -0.2) is 33.8 Å². The van der Waals surface area contributed by atoms with Gasteiger partial charge in [0, 0.05) is 34.9 Å². The molecule has 1 aromatic carbocycles.